The summed E-state index contributed by atoms with van der Waals surface area (Å²) in [5.74, 6) is 0.730. The van der Waals surface area contributed by atoms with Crippen LogP contribution in [0, 0.1) is 5.92 Å². The molecule has 0 saturated carbocycles. The molecule has 3 aromatic rings. The molecule has 34 heavy (non-hydrogen) atoms. The third kappa shape index (κ3) is 8.40. The molecule has 0 aliphatic heterocycles. The average molecular weight is 525 g/mol. The van der Waals surface area contributed by atoms with E-state index < -0.39 is 41.3 Å². The van der Waals surface area contributed by atoms with Crippen LogP contribution in [0.25, 0.3) is 0 Å². The van der Waals surface area contributed by atoms with Crippen molar-refractivity contribution < 1.29 is 43.1 Å². The van der Waals surface area contributed by atoms with Gasteiger partial charge in [-0.3, -0.25) is 13.7 Å². The van der Waals surface area contributed by atoms with Crippen molar-refractivity contribution in [1.29, 1.82) is 0 Å². The van der Waals surface area contributed by atoms with Gasteiger partial charge in [0.1, 0.15) is 0 Å². The molecule has 0 fully saturated rings. The van der Waals surface area contributed by atoms with Crippen molar-refractivity contribution in [1.82, 2.24) is 0 Å². The van der Waals surface area contributed by atoms with E-state index >= 15 is 0 Å². The van der Waals surface area contributed by atoms with E-state index in [1.165, 1.54) is 0 Å². The van der Waals surface area contributed by atoms with Crippen molar-refractivity contribution in [3.8, 4) is 0 Å². The summed E-state index contributed by atoms with van der Waals surface area (Å²) in [6, 6.07) is 20.0. The van der Waals surface area contributed by atoms with Gasteiger partial charge in [-0.2, -0.15) is 0 Å². The van der Waals surface area contributed by atoms with Crippen LogP contribution in [0.4, 0.5) is 0 Å². The minimum Gasteiger partial charge on any atom is -0.324 e. The van der Waals surface area contributed by atoms with E-state index in [1.807, 2.05) is 0 Å². The van der Waals surface area contributed by atoms with Crippen molar-refractivity contribution >= 4 is 22.8 Å². The molecule has 0 saturated heterocycles. The van der Waals surface area contributed by atoms with Crippen LogP contribution in [0.5, 0.6) is 0 Å². The maximum absolute atomic E-state index is 11.3. The minimum absolute atomic E-state index is 0.392. The van der Waals surface area contributed by atoms with Gasteiger partial charge < -0.3 is 29.4 Å². The maximum Gasteiger partial charge on any atom is 0.329 e. The first-order valence-electron chi connectivity index (χ1n) is 9.97. The fraction of sp³-hybridized carbons (Fsp3) is 0.136. The molecule has 0 aliphatic carbocycles. The van der Waals surface area contributed by atoms with E-state index in [9.17, 15) is 43.1 Å². The topological polar surface area (TPSA) is 173 Å². The van der Waals surface area contributed by atoms with Gasteiger partial charge >= 0.3 is 22.8 Å². The molecule has 0 atom stereocenters. The van der Waals surface area contributed by atoms with Crippen LogP contribution in [0.2, 0.25) is 0 Å². The van der Waals surface area contributed by atoms with Crippen LogP contribution in [-0.2, 0) is 32.2 Å². The summed E-state index contributed by atoms with van der Waals surface area (Å²) in [5, 5.41) is 0. The summed E-state index contributed by atoms with van der Waals surface area (Å²) >= 11 is 0. The van der Waals surface area contributed by atoms with Crippen LogP contribution in [0.3, 0.4) is 0 Å². The zero-order valence-corrected chi connectivity index (χ0v) is 20.5. The lowest BCUT2D eigenvalue weighted by Gasteiger charge is -2.19. The number of rotatable bonds is 9. The Hall–Kier alpha value is -1.89. The van der Waals surface area contributed by atoms with E-state index in [4.69, 9.17) is 0 Å². The lowest BCUT2D eigenvalue weighted by atomic mass is 9.84. The Morgan fingerprint density at radius 3 is 0.824 bits per heavy atom. The predicted molar refractivity (Wildman–Crippen MR) is 127 cm³/mol. The molecule has 1 radical (unpaired) electrons. The van der Waals surface area contributed by atoms with Crippen LogP contribution >= 0.6 is 22.8 Å². The molecule has 0 bridgehead atoms. The minimum atomic E-state index is -4.22. The zero-order chi connectivity index (χ0) is 25.1. The van der Waals surface area contributed by atoms with E-state index in [-0.39, 0.29) is 0 Å². The number of hydrogen-bond acceptors (Lipinski definition) is 3. The van der Waals surface area contributed by atoms with Gasteiger partial charge in [0.2, 0.25) is 0 Å². The second-order valence-corrected chi connectivity index (χ2v) is 12.9. The summed E-state index contributed by atoms with van der Waals surface area (Å²) in [4.78, 5) is 55.3. The highest BCUT2D eigenvalue weighted by Crippen LogP contribution is 2.42. The van der Waals surface area contributed by atoms with Crippen molar-refractivity contribution in [2.24, 2.45) is 0 Å². The van der Waals surface area contributed by atoms with Crippen molar-refractivity contribution in [3.63, 3.8) is 0 Å². The largest absolute Gasteiger partial charge is 0.329 e. The standard InChI is InChI=1S/C22H24O9P3/c23-32(24,25)13-16-1-7-19(8-2-16)22(20-9-3-17(4-10-20)14-33(26,27)28)21-11-5-18(6-12-21)15-34(29,30)31/h1-12H,13-15H2,(H2,23,24,25)(H2,26,27,28)(H2,29,30,31). The van der Waals surface area contributed by atoms with Crippen LogP contribution < -0.4 is 0 Å². The first-order chi connectivity index (χ1) is 15.7. The van der Waals surface area contributed by atoms with Crippen molar-refractivity contribution in [3.05, 3.63) is 112 Å². The van der Waals surface area contributed by atoms with E-state index in [1.54, 1.807) is 72.8 Å². The summed E-state index contributed by atoms with van der Waals surface area (Å²) in [6.07, 6.45) is -1.18. The lowest BCUT2D eigenvalue weighted by Crippen LogP contribution is -2.05. The molecule has 9 nitrogen and oxygen atoms in total. The quantitative estimate of drug-likeness (QED) is 0.180. The van der Waals surface area contributed by atoms with E-state index in [0.29, 0.717) is 16.7 Å². The van der Waals surface area contributed by atoms with Crippen molar-refractivity contribution in [2.75, 3.05) is 0 Å². The molecule has 6 N–H and O–H groups in total. The molecular weight excluding hydrogens is 501 g/mol. The highest BCUT2D eigenvalue weighted by atomic mass is 31.2. The SMILES string of the molecule is O=P(O)(O)Cc1ccc([C](c2ccc(CP(=O)(O)O)cc2)c2ccc(CP(=O)(O)O)cc2)cc1. The van der Waals surface area contributed by atoms with E-state index in [2.05, 4.69) is 0 Å². The van der Waals surface area contributed by atoms with Gasteiger partial charge in [0.25, 0.3) is 0 Å². The first kappa shape index (κ1) is 26.7. The third-order valence-electron chi connectivity index (χ3n) is 4.89. The second-order valence-electron chi connectivity index (χ2n) is 7.93. The normalized spacial score (nSPS) is 12.8. The summed E-state index contributed by atoms with van der Waals surface area (Å²) in [5.41, 5.74) is 3.56. The molecule has 181 valence electrons. The van der Waals surface area contributed by atoms with Gasteiger partial charge in [-0.25, -0.2) is 0 Å². The highest BCUT2D eigenvalue weighted by molar-refractivity contribution is 7.51. The van der Waals surface area contributed by atoms with Gasteiger partial charge in [0, 0.05) is 0 Å². The van der Waals surface area contributed by atoms with Crippen molar-refractivity contribution in [2.45, 2.75) is 18.5 Å². The first-order valence-corrected chi connectivity index (χ1v) is 15.4. The monoisotopic (exact) mass is 525 g/mol. The molecule has 0 heterocycles. The molecule has 0 aromatic heterocycles. The Morgan fingerprint density at radius 1 is 0.441 bits per heavy atom. The predicted octanol–water partition coefficient (Wildman–Crippen LogP) is 3.74. The summed E-state index contributed by atoms with van der Waals surface area (Å²) < 4.78 is 33.9. The molecule has 0 amide bonds. The molecular formula is C22H24O9P3. The number of benzene rings is 3. The number of hydrogen-bond donors (Lipinski definition) is 6. The Kier molecular flexibility index (Phi) is 8.16. The fourth-order valence-corrected chi connectivity index (χ4v) is 5.60. The summed E-state index contributed by atoms with van der Waals surface area (Å²) in [7, 11) is -12.7. The second kappa shape index (κ2) is 10.4. The Balaban J connectivity index is 1.99. The van der Waals surface area contributed by atoms with Gasteiger partial charge in [-0.1, -0.05) is 72.8 Å². The lowest BCUT2D eigenvalue weighted by molar-refractivity contribution is 0.369. The van der Waals surface area contributed by atoms with Crippen LogP contribution in [0.1, 0.15) is 33.4 Å². The molecule has 0 unspecified atom stereocenters. The molecule has 12 heteroatoms. The smallest absolute Gasteiger partial charge is 0.324 e. The third-order valence-corrected chi connectivity index (χ3v) is 7.22. The zero-order valence-electron chi connectivity index (χ0n) is 17.8. The van der Waals surface area contributed by atoms with Gasteiger partial charge in [-0.15, -0.1) is 0 Å². The molecule has 3 rings (SSSR count). The highest BCUT2D eigenvalue weighted by Gasteiger charge is 2.21. The molecule has 3 aromatic carbocycles. The molecule has 0 spiro atoms. The Morgan fingerprint density at radius 2 is 0.647 bits per heavy atom. The van der Waals surface area contributed by atoms with Crippen LogP contribution in [0.15, 0.2) is 72.8 Å². The van der Waals surface area contributed by atoms with Gasteiger partial charge in [-0.05, 0) is 33.4 Å². The Labute approximate surface area is 196 Å². The maximum atomic E-state index is 11.3. The van der Waals surface area contributed by atoms with Gasteiger partial charge in [0.15, 0.2) is 0 Å². The fourth-order valence-electron chi connectivity index (χ4n) is 3.54. The average Bonchev–Trinajstić information content (AvgIpc) is 2.69. The summed E-state index contributed by atoms with van der Waals surface area (Å²) in [6.45, 7) is 0. The Bertz CT molecular complexity index is 1090. The molecule has 0 aliphatic rings. The van der Waals surface area contributed by atoms with E-state index in [0.717, 1.165) is 22.6 Å². The van der Waals surface area contributed by atoms with Crippen LogP contribution in [-0.4, -0.2) is 29.4 Å². The van der Waals surface area contributed by atoms with Gasteiger partial charge in [0.05, 0.1) is 24.4 Å².